The summed E-state index contributed by atoms with van der Waals surface area (Å²) in [4.78, 5) is 12.0. The van der Waals surface area contributed by atoms with E-state index in [1.165, 1.54) is 12.8 Å². The third-order valence-electron chi connectivity index (χ3n) is 3.53. The van der Waals surface area contributed by atoms with Gasteiger partial charge in [0.2, 0.25) is 0 Å². The summed E-state index contributed by atoms with van der Waals surface area (Å²) in [6.07, 6.45) is 4.46. The van der Waals surface area contributed by atoms with Gasteiger partial charge in [-0.15, -0.1) is 0 Å². The van der Waals surface area contributed by atoms with Crippen LogP contribution in [0.5, 0.6) is 5.75 Å². The van der Waals surface area contributed by atoms with Gasteiger partial charge in [0.25, 0.3) is 5.91 Å². The predicted octanol–water partition coefficient (Wildman–Crippen LogP) is 2.35. The molecule has 1 saturated heterocycles. The number of benzene rings is 1. The van der Waals surface area contributed by atoms with E-state index < -0.39 is 0 Å². The molecule has 1 aliphatic rings. The molecule has 0 radical (unpaired) electrons. The quantitative estimate of drug-likeness (QED) is 0.752. The molecule has 0 saturated carbocycles. The lowest BCUT2D eigenvalue weighted by Crippen LogP contribution is -2.36. The molecule has 0 spiro atoms. The van der Waals surface area contributed by atoms with Crippen LogP contribution in [-0.2, 0) is 0 Å². The molecule has 1 aliphatic heterocycles. The van der Waals surface area contributed by atoms with E-state index in [1.807, 2.05) is 24.3 Å². The Hall–Kier alpha value is -1.55. The molecule has 0 aliphatic carbocycles. The summed E-state index contributed by atoms with van der Waals surface area (Å²) in [6.45, 7) is 4.76. The molecule has 4 nitrogen and oxygen atoms in total. The van der Waals surface area contributed by atoms with Gasteiger partial charge in [0.1, 0.15) is 5.75 Å². The van der Waals surface area contributed by atoms with Crippen molar-refractivity contribution in [1.29, 1.82) is 0 Å². The van der Waals surface area contributed by atoms with Crippen molar-refractivity contribution < 1.29 is 9.53 Å². The Kier molecular flexibility index (Phi) is 5.87. The molecule has 20 heavy (non-hydrogen) atoms. The molecule has 1 atom stereocenters. The number of ether oxygens (including phenoxy) is 1. The number of unbranched alkanes of at least 4 members (excludes halogenated alkanes) is 2. The molecule has 4 heteroatoms. The van der Waals surface area contributed by atoms with Gasteiger partial charge in [-0.25, -0.2) is 0 Å². The first-order valence-electron chi connectivity index (χ1n) is 7.54. The Morgan fingerprint density at radius 3 is 2.80 bits per heavy atom. The normalized spacial score (nSPS) is 17.9. The van der Waals surface area contributed by atoms with Gasteiger partial charge in [-0.1, -0.05) is 19.8 Å². The molecule has 0 aromatic heterocycles. The summed E-state index contributed by atoms with van der Waals surface area (Å²) in [7, 11) is 0. The molecule has 1 heterocycles. The zero-order chi connectivity index (χ0) is 14.2. The third kappa shape index (κ3) is 4.53. The zero-order valence-corrected chi connectivity index (χ0v) is 12.2. The second-order valence-electron chi connectivity index (χ2n) is 5.24. The van der Waals surface area contributed by atoms with Crippen LogP contribution in [-0.4, -0.2) is 31.6 Å². The molecule has 1 amide bonds. The lowest BCUT2D eigenvalue weighted by atomic mass is 10.2. The Morgan fingerprint density at radius 2 is 2.15 bits per heavy atom. The zero-order valence-electron chi connectivity index (χ0n) is 12.2. The van der Waals surface area contributed by atoms with Crippen molar-refractivity contribution in [1.82, 2.24) is 10.6 Å². The van der Waals surface area contributed by atoms with Gasteiger partial charge in [-0.2, -0.15) is 0 Å². The lowest BCUT2D eigenvalue weighted by Gasteiger charge is -2.11. The number of carbonyl (C=O) groups is 1. The molecule has 0 bridgehead atoms. The van der Waals surface area contributed by atoms with E-state index in [-0.39, 0.29) is 11.9 Å². The number of rotatable bonds is 7. The van der Waals surface area contributed by atoms with Crippen LogP contribution in [0.1, 0.15) is 43.0 Å². The molecule has 1 aromatic carbocycles. The molecule has 110 valence electrons. The predicted molar refractivity (Wildman–Crippen MR) is 80.2 cm³/mol. The number of hydrogen-bond donors (Lipinski definition) is 2. The van der Waals surface area contributed by atoms with Crippen LogP contribution in [0.4, 0.5) is 0 Å². The minimum absolute atomic E-state index is 0.00349. The number of carbonyl (C=O) groups excluding carboxylic acids is 1. The SMILES string of the molecule is CCCCCOc1ccc(C(=O)NC2CCNC2)cc1. The summed E-state index contributed by atoms with van der Waals surface area (Å²) in [5.74, 6) is 0.830. The highest BCUT2D eigenvalue weighted by Gasteiger charge is 2.17. The minimum atomic E-state index is -0.00349. The second kappa shape index (κ2) is 7.90. The van der Waals surface area contributed by atoms with Crippen LogP contribution in [0.15, 0.2) is 24.3 Å². The average Bonchev–Trinajstić information content (AvgIpc) is 2.97. The van der Waals surface area contributed by atoms with E-state index >= 15 is 0 Å². The third-order valence-corrected chi connectivity index (χ3v) is 3.53. The summed E-state index contributed by atoms with van der Waals surface area (Å²) < 4.78 is 5.63. The first-order chi connectivity index (χ1) is 9.79. The Labute approximate surface area is 120 Å². The number of nitrogens with one attached hydrogen (secondary N) is 2. The first-order valence-corrected chi connectivity index (χ1v) is 7.54. The van der Waals surface area contributed by atoms with E-state index in [9.17, 15) is 4.79 Å². The molecule has 1 fully saturated rings. The van der Waals surface area contributed by atoms with Gasteiger partial charge < -0.3 is 15.4 Å². The molecule has 1 aromatic rings. The van der Waals surface area contributed by atoms with Crippen LogP contribution < -0.4 is 15.4 Å². The van der Waals surface area contributed by atoms with E-state index in [1.54, 1.807) is 0 Å². The fourth-order valence-electron chi connectivity index (χ4n) is 2.29. The summed E-state index contributed by atoms with van der Waals surface area (Å²) in [6, 6.07) is 7.65. The fourth-order valence-corrected chi connectivity index (χ4v) is 2.29. The van der Waals surface area contributed by atoms with Crippen LogP contribution in [0, 0.1) is 0 Å². The maximum Gasteiger partial charge on any atom is 0.251 e. The van der Waals surface area contributed by atoms with Gasteiger partial charge >= 0.3 is 0 Å². The van der Waals surface area contributed by atoms with Crippen molar-refractivity contribution >= 4 is 5.91 Å². The number of hydrogen-bond acceptors (Lipinski definition) is 3. The van der Waals surface area contributed by atoms with Gasteiger partial charge in [-0.3, -0.25) is 4.79 Å². The van der Waals surface area contributed by atoms with Crippen molar-refractivity contribution in [2.24, 2.45) is 0 Å². The minimum Gasteiger partial charge on any atom is -0.494 e. The smallest absolute Gasteiger partial charge is 0.251 e. The van der Waals surface area contributed by atoms with Crippen LogP contribution >= 0.6 is 0 Å². The second-order valence-corrected chi connectivity index (χ2v) is 5.24. The summed E-state index contributed by atoms with van der Waals surface area (Å²) in [5, 5.41) is 6.27. The van der Waals surface area contributed by atoms with Crippen LogP contribution in [0.2, 0.25) is 0 Å². The van der Waals surface area contributed by atoms with Gasteiger partial charge in [0, 0.05) is 18.2 Å². The highest BCUT2D eigenvalue weighted by Crippen LogP contribution is 2.13. The Bertz CT molecular complexity index is 411. The van der Waals surface area contributed by atoms with E-state index in [4.69, 9.17) is 4.74 Å². The average molecular weight is 276 g/mol. The number of amides is 1. The maximum absolute atomic E-state index is 12.0. The maximum atomic E-state index is 12.0. The van der Waals surface area contributed by atoms with Crippen molar-refractivity contribution in [3.63, 3.8) is 0 Å². The van der Waals surface area contributed by atoms with E-state index in [0.717, 1.165) is 38.3 Å². The lowest BCUT2D eigenvalue weighted by molar-refractivity contribution is 0.0940. The molecule has 2 N–H and O–H groups in total. The van der Waals surface area contributed by atoms with Crippen LogP contribution in [0.25, 0.3) is 0 Å². The monoisotopic (exact) mass is 276 g/mol. The van der Waals surface area contributed by atoms with Crippen LogP contribution in [0.3, 0.4) is 0 Å². The largest absolute Gasteiger partial charge is 0.494 e. The molecular formula is C16H24N2O2. The molecular weight excluding hydrogens is 252 g/mol. The van der Waals surface area contributed by atoms with E-state index in [0.29, 0.717) is 5.56 Å². The van der Waals surface area contributed by atoms with Crippen molar-refractivity contribution in [2.45, 2.75) is 38.6 Å². The van der Waals surface area contributed by atoms with Crippen molar-refractivity contribution in [3.05, 3.63) is 29.8 Å². The van der Waals surface area contributed by atoms with Gasteiger partial charge in [0.15, 0.2) is 0 Å². The highest BCUT2D eigenvalue weighted by atomic mass is 16.5. The fraction of sp³-hybridized carbons (Fsp3) is 0.562. The Balaban J connectivity index is 1.79. The standard InChI is InChI=1S/C16H24N2O2/c1-2-3-4-11-20-15-7-5-13(6-8-15)16(19)18-14-9-10-17-12-14/h5-8,14,17H,2-4,9-12H2,1H3,(H,18,19). The van der Waals surface area contributed by atoms with E-state index in [2.05, 4.69) is 17.6 Å². The Morgan fingerprint density at radius 1 is 1.35 bits per heavy atom. The topological polar surface area (TPSA) is 50.4 Å². The van der Waals surface area contributed by atoms with Gasteiger partial charge in [0.05, 0.1) is 6.61 Å². The molecule has 1 unspecified atom stereocenters. The highest BCUT2D eigenvalue weighted by molar-refractivity contribution is 5.94. The van der Waals surface area contributed by atoms with Crippen molar-refractivity contribution in [2.75, 3.05) is 19.7 Å². The molecule has 2 rings (SSSR count). The van der Waals surface area contributed by atoms with Crippen molar-refractivity contribution in [3.8, 4) is 5.75 Å². The summed E-state index contributed by atoms with van der Waals surface area (Å²) in [5.41, 5.74) is 0.692. The summed E-state index contributed by atoms with van der Waals surface area (Å²) >= 11 is 0. The van der Waals surface area contributed by atoms with Gasteiger partial charge in [-0.05, 0) is 43.7 Å². The first kappa shape index (κ1) is 14.9.